The fourth-order valence-electron chi connectivity index (χ4n) is 2.89. The number of esters is 1. The standard InChI is InChI=1S/C18H26N2O4/c1-5-6-12(10-19)11-24-15-7-8-16(22-3)17-13(15)9-14(20(17)2)18(21)23-4/h7-9,12H,5-6,10-11,19H2,1-4H3/t12-/m0/s1. The van der Waals surface area contributed by atoms with Crippen molar-refractivity contribution in [3.05, 3.63) is 23.9 Å². The number of carbonyl (C=O) groups excluding carboxylic acids is 1. The molecule has 1 aromatic heterocycles. The van der Waals surface area contributed by atoms with Crippen molar-refractivity contribution in [3.63, 3.8) is 0 Å². The second-order valence-electron chi connectivity index (χ2n) is 5.81. The van der Waals surface area contributed by atoms with Gasteiger partial charge in [-0.2, -0.15) is 0 Å². The fraction of sp³-hybridized carbons (Fsp3) is 0.500. The van der Waals surface area contributed by atoms with Crippen LogP contribution in [0.4, 0.5) is 0 Å². The molecule has 1 aromatic carbocycles. The van der Waals surface area contributed by atoms with Gasteiger partial charge < -0.3 is 24.5 Å². The molecule has 0 fully saturated rings. The molecule has 2 aromatic rings. The molecule has 1 atom stereocenters. The summed E-state index contributed by atoms with van der Waals surface area (Å²) >= 11 is 0. The largest absolute Gasteiger partial charge is 0.495 e. The number of benzene rings is 1. The molecule has 24 heavy (non-hydrogen) atoms. The molecule has 0 aliphatic heterocycles. The maximum atomic E-state index is 12.0. The highest BCUT2D eigenvalue weighted by molar-refractivity contribution is 6.00. The average Bonchev–Trinajstić information content (AvgIpc) is 2.95. The highest BCUT2D eigenvalue weighted by Gasteiger charge is 2.20. The number of aromatic nitrogens is 1. The van der Waals surface area contributed by atoms with Crippen LogP contribution in [0.15, 0.2) is 18.2 Å². The number of nitrogens with zero attached hydrogens (tertiary/aromatic N) is 1. The van der Waals surface area contributed by atoms with Crippen molar-refractivity contribution < 1.29 is 19.0 Å². The van der Waals surface area contributed by atoms with Crippen LogP contribution in [-0.2, 0) is 11.8 Å². The van der Waals surface area contributed by atoms with Gasteiger partial charge in [-0.25, -0.2) is 4.79 Å². The third-order valence-electron chi connectivity index (χ3n) is 4.24. The van der Waals surface area contributed by atoms with E-state index in [0.29, 0.717) is 36.3 Å². The van der Waals surface area contributed by atoms with E-state index in [0.717, 1.165) is 23.7 Å². The average molecular weight is 334 g/mol. The van der Waals surface area contributed by atoms with Gasteiger partial charge in [-0.15, -0.1) is 0 Å². The van der Waals surface area contributed by atoms with Crippen molar-refractivity contribution in [1.82, 2.24) is 4.57 Å². The zero-order valence-corrected chi connectivity index (χ0v) is 14.8. The monoisotopic (exact) mass is 334 g/mol. The molecule has 0 saturated carbocycles. The molecular weight excluding hydrogens is 308 g/mol. The number of aryl methyl sites for hydroxylation is 1. The molecule has 0 aliphatic carbocycles. The Morgan fingerprint density at radius 1 is 1.29 bits per heavy atom. The lowest BCUT2D eigenvalue weighted by Gasteiger charge is -2.16. The SMILES string of the molecule is CCC[C@@H](CN)COc1ccc(OC)c2c1cc(C(=O)OC)n2C. The van der Waals surface area contributed by atoms with E-state index in [1.54, 1.807) is 24.8 Å². The molecule has 0 amide bonds. The molecular formula is C18H26N2O4. The summed E-state index contributed by atoms with van der Waals surface area (Å²) in [5.74, 6) is 1.31. The van der Waals surface area contributed by atoms with Gasteiger partial charge in [0.15, 0.2) is 0 Å². The Morgan fingerprint density at radius 2 is 2.00 bits per heavy atom. The Morgan fingerprint density at radius 3 is 2.58 bits per heavy atom. The number of methoxy groups -OCH3 is 2. The van der Waals surface area contributed by atoms with Crippen molar-refractivity contribution in [2.75, 3.05) is 27.4 Å². The fourth-order valence-corrected chi connectivity index (χ4v) is 2.89. The first kappa shape index (κ1) is 18.1. The number of ether oxygens (including phenoxy) is 3. The summed E-state index contributed by atoms with van der Waals surface area (Å²) in [6.07, 6.45) is 2.10. The predicted molar refractivity (Wildman–Crippen MR) is 93.8 cm³/mol. The van der Waals surface area contributed by atoms with E-state index >= 15 is 0 Å². The van der Waals surface area contributed by atoms with Gasteiger partial charge in [0.1, 0.15) is 17.2 Å². The zero-order chi connectivity index (χ0) is 17.7. The zero-order valence-electron chi connectivity index (χ0n) is 14.8. The van der Waals surface area contributed by atoms with Crippen molar-refractivity contribution >= 4 is 16.9 Å². The van der Waals surface area contributed by atoms with Crippen LogP contribution in [0.3, 0.4) is 0 Å². The molecule has 2 rings (SSSR count). The molecule has 0 radical (unpaired) electrons. The Labute approximate surface area is 142 Å². The summed E-state index contributed by atoms with van der Waals surface area (Å²) in [5.41, 5.74) is 7.05. The summed E-state index contributed by atoms with van der Waals surface area (Å²) in [7, 11) is 4.78. The summed E-state index contributed by atoms with van der Waals surface area (Å²) in [6.45, 7) is 3.28. The van der Waals surface area contributed by atoms with E-state index in [9.17, 15) is 4.79 Å². The van der Waals surface area contributed by atoms with Crippen LogP contribution in [0.2, 0.25) is 0 Å². The lowest BCUT2D eigenvalue weighted by molar-refractivity contribution is 0.0590. The third kappa shape index (κ3) is 3.48. The Balaban J connectivity index is 2.42. The first-order chi connectivity index (χ1) is 11.6. The van der Waals surface area contributed by atoms with Crippen LogP contribution in [0, 0.1) is 5.92 Å². The quantitative estimate of drug-likeness (QED) is 0.751. The maximum Gasteiger partial charge on any atom is 0.354 e. The minimum atomic E-state index is -0.396. The van der Waals surface area contributed by atoms with E-state index < -0.39 is 5.97 Å². The van der Waals surface area contributed by atoms with Crippen molar-refractivity contribution in [3.8, 4) is 11.5 Å². The number of carbonyl (C=O) groups is 1. The molecule has 0 saturated heterocycles. The molecule has 6 heteroatoms. The predicted octanol–water partition coefficient (Wildman–Crippen LogP) is 2.73. The molecule has 2 N–H and O–H groups in total. The highest BCUT2D eigenvalue weighted by atomic mass is 16.5. The second-order valence-corrected chi connectivity index (χ2v) is 5.81. The van der Waals surface area contributed by atoms with Gasteiger partial charge in [0, 0.05) is 18.4 Å². The topological polar surface area (TPSA) is 75.7 Å². The van der Waals surface area contributed by atoms with Gasteiger partial charge in [0.05, 0.1) is 26.3 Å². The van der Waals surface area contributed by atoms with Crippen LogP contribution in [0.1, 0.15) is 30.3 Å². The van der Waals surface area contributed by atoms with Crippen LogP contribution in [-0.4, -0.2) is 37.9 Å². The summed E-state index contributed by atoms with van der Waals surface area (Å²) in [4.78, 5) is 12.0. The van der Waals surface area contributed by atoms with Gasteiger partial charge in [-0.3, -0.25) is 0 Å². The summed E-state index contributed by atoms with van der Waals surface area (Å²) in [6, 6.07) is 5.48. The van der Waals surface area contributed by atoms with Gasteiger partial charge in [0.2, 0.25) is 0 Å². The van der Waals surface area contributed by atoms with Crippen molar-refractivity contribution in [2.45, 2.75) is 19.8 Å². The molecule has 1 heterocycles. The molecule has 132 valence electrons. The molecule has 0 bridgehead atoms. The van der Waals surface area contributed by atoms with Crippen molar-refractivity contribution in [1.29, 1.82) is 0 Å². The van der Waals surface area contributed by atoms with Crippen LogP contribution < -0.4 is 15.2 Å². The van der Waals surface area contributed by atoms with E-state index in [2.05, 4.69) is 6.92 Å². The normalized spacial score (nSPS) is 12.2. The Hall–Kier alpha value is -2.21. The molecule has 6 nitrogen and oxygen atoms in total. The molecule has 0 aliphatic rings. The third-order valence-corrected chi connectivity index (χ3v) is 4.24. The van der Waals surface area contributed by atoms with Gasteiger partial charge in [-0.1, -0.05) is 13.3 Å². The minimum Gasteiger partial charge on any atom is -0.495 e. The lowest BCUT2D eigenvalue weighted by Crippen LogP contribution is -2.21. The second kappa shape index (κ2) is 8.06. The van der Waals surface area contributed by atoms with Gasteiger partial charge in [-0.05, 0) is 31.2 Å². The highest BCUT2D eigenvalue weighted by Crippen LogP contribution is 2.35. The number of fused-ring (bicyclic) bond motifs is 1. The number of hydrogen-bond donors (Lipinski definition) is 1. The number of hydrogen-bond acceptors (Lipinski definition) is 5. The van der Waals surface area contributed by atoms with Gasteiger partial charge >= 0.3 is 5.97 Å². The Kier molecular flexibility index (Phi) is 6.09. The lowest BCUT2D eigenvalue weighted by atomic mass is 10.1. The number of nitrogens with two attached hydrogens (primary N) is 1. The van der Waals surface area contributed by atoms with Crippen LogP contribution in [0.25, 0.3) is 10.9 Å². The smallest absolute Gasteiger partial charge is 0.354 e. The summed E-state index contributed by atoms with van der Waals surface area (Å²) < 4.78 is 18.0. The number of rotatable bonds is 8. The van der Waals surface area contributed by atoms with Crippen LogP contribution >= 0.6 is 0 Å². The van der Waals surface area contributed by atoms with E-state index in [-0.39, 0.29) is 0 Å². The van der Waals surface area contributed by atoms with Gasteiger partial charge in [0.25, 0.3) is 0 Å². The van der Waals surface area contributed by atoms with Crippen molar-refractivity contribution in [2.24, 2.45) is 18.7 Å². The maximum absolute atomic E-state index is 12.0. The first-order valence-corrected chi connectivity index (χ1v) is 8.14. The molecule has 0 spiro atoms. The van der Waals surface area contributed by atoms with E-state index in [4.69, 9.17) is 19.9 Å². The Bertz CT molecular complexity index is 709. The minimum absolute atomic E-state index is 0.316. The van der Waals surface area contributed by atoms with Crippen LogP contribution in [0.5, 0.6) is 11.5 Å². The van der Waals surface area contributed by atoms with E-state index in [1.807, 2.05) is 12.1 Å². The summed E-state index contributed by atoms with van der Waals surface area (Å²) in [5, 5.41) is 0.824. The van der Waals surface area contributed by atoms with E-state index in [1.165, 1.54) is 7.11 Å². The molecule has 0 unspecified atom stereocenters. The first-order valence-electron chi connectivity index (χ1n) is 8.14.